The van der Waals surface area contributed by atoms with Crippen LogP contribution < -0.4 is 5.32 Å². The van der Waals surface area contributed by atoms with Crippen LogP contribution in [0.4, 0.5) is 8.78 Å². The van der Waals surface area contributed by atoms with Gasteiger partial charge in [0.1, 0.15) is 12.0 Å². The van der Waals surface area contributed by atoms with Crippen LogP contribution >= 0.6 is 23.2 Å². The van der Waals surface area contributed by atoms with Crippen LogP contribution in [0.15, 0.2) is 36.2 Å². The van der Waals surface area contributed by atoms with Gasteiger partial charge in [-0.1, -0.05) is 23.2 Å². The summed E-state index contributed by atoms with van der Waals surface area (Å²) in [5.41, 5.74) is 0.962. The molecule has 0 fully saturated rings. The fourth-order valence-corrected chi connectivity index (χ4v) is 3.22. The summed E-state index contributed by atoms with van der Waals surface area (Å²) in [5, 5.41) is 7.68. The first-order valence-corrected chi connectivity index (χ1v) is 8.95. The normalized spacial score (nSPS) is 12.1. The Morgan fingerprint density at radius 1 is 1.25 bits per heavy atom. The van der Waals surface area contributed by atoms with E-state index >= 15 is 0 Å². The van der Waals surface area contributed by atoms with Crippen molar-refractivity contribution in [3.63, 3.8) is 0 Å². The third-order valence-electron chi connectivity index (χ3n) is 3.85. The standard InChI is InChI=1S/C18H15Cl2F2N5O/c1-23-8-10(3-16(28)11-4-12(19)6-13(20)5-11)2-14-7-15(17(21)22)26-18-24-9-25-27(14)18/h2,4-7,9,17,23H,3,8H2,1H3/b10-2-. The molecule has 0 saturated carbocycles. The highest BCUT2D eigenvalue weighted by Crippen LogP contribution is 2.23. The molecule has 0 radical (unpaired) electrons. The minimum atomic E-state index is -2.75. The zero-order valence-electron chi connectivity index (χ0n) is 14.7. The van der Waals surface area contributed by atoms with E-state index in [1.807, 2.05) is 0 Å². The number of alkyl halides is 2. The van der Waals surface area contributed by atoms with Gasteiger partial charge >= 0.3 is 0 Å². The van der Waals surface area contributed by atoms with Crippen LogP contribution in [0.3, 0.4) is 0 Å². The van der Waals surface area contributed by atoms with E-state index < -0.39 is 12.1 Å². The monoisotopic (exact) mass is 425 g/mol. The first kappa shape index (κ1) is 20.3. The molecule has 3 aromatic rings. The number of likely N-dealkylation sites (N-methyl/N-ethyl adjacent to an activating group) is 1. The third-order valence-corrected chi connectivity index (χ3v) is 4.29. The van der Waals surface area contributed by atoms with Crippen LogP contribution in [0.25, 0.3) is 11.9 Å². The van der Waals surface area contributed by atoms with E-state index in [0.29, 0.717) is 33.4 Å². The molecule has 3 rings (SSSR count). The van der Waals surface area contributed by atoms with Gasteiger partial charge in [-0.05, 0) is 43.0 Å². The molecule has 0 bridgehead atoms. The summed E-state index contributed by atoms with van der Waals surface area (Å²) in [4.78, 5) is 20.3. The van der Waals surface area contributed by atoms with Crippen molar-refractivity contribution in [2.24, 2.45) is 0 Å². The number of nitrogens with one attached hydrogen (secondary N) is 1. The highest BCUT2D eigenvalue weighted by Gasteiger charge is 2.16. The van der Waals surface area contributed by atoms with E-state index in [1.54, 1.807) is 13.1 Å². The molecular formula is C18H15Cl2F2N5O. The fourth-order valence-electron chi connectivity index (χ4n) is 2.69. The largest absolute Gasteiger partial charge is 0.316 e. The lowest BCUT2D eigenvalue weighted by molar-refractivity contribution is 0.0992. The summed E-state index contributed by atoms with van der Waals surface area (Å²) >= 11 is 11.9. The van der Waals surface area contributed by atoms with Crippen LogP contribution in [-0.2, 0) is 0 Å². The van der Waals surface area contributed by atoms with Crippen molar-refractivity contribution in [1.82, 2.24) is 24.9 Å². The maximum atomic E-state index is 13.1. The second-order valence-corrected chi connectivity index (χ2v) is 6.84. The molecule has 0 aliphatic rings. The Morgan fingerprint density at radius 2 is 1.96 bits per heavy atom. The molecule has 0 aliphatic carbocycles. The Bertz CT molecular complexity index is 1030. The lowest BCUT2D eigenvalue weighted by Crippen LogP contribution is -2.14. The van der Waals surface area contributed by atoms with Crippen molar-refractivity contribution >= 4 is 40.8 Å². The lowest BCUT2D eigenvalue weighted by Gasteiger charge is -2.09. The molecule has 1 aromatic carbocycles. The zero-order valence-corrected chi connectivity index (χ0v) is 16.2. The van der Waals surface area contributed by atoms with Crippen molar-refractivity contribution in [2.45, 2.75) is 12.8 Å². The fraction of sp³-hybridized carbons (Fsp3) is 0.222. The number of ketones is 1. The predicted molar refractivity (Wildman–Crippen MR) is 103 cm³/mol. The van der Waals surface area contributed by atoms with Crippen molar-refractivity contribution in [3.05, 3.63) is 63.2 Å². The van der Waals surface area contributed by atoms with Gasteiger partial charge in [-0.2, -0.15) is 14.6 Å². The van der Waals surface area contributed by atoms with Gasteiger partial charge in [0.05, 0.1) is 5.69 Å². The van der Waals surface area contributed by atoms with E-state index in [1.165, 1.54) is 35.1 Å². The van der Waals surface area contributed by atoms with Crippen LogP contribution in [-0.4, -0.2) is 39.0 Å². The number of benzene rings is 1. The van der Waals surface area contributed by atoms with Gasteiger partial charge in [0, 0.05) is 28.6 Å². The molecule has 0 atom stereocenters. The van der Waals surface area contributed by atoms with Crippen LogP contribution in [0, 0.1) is 0 Å². The van der Waals surface area contributed by atoms with E-state index in [2.05, 4.69) is 20.4 Å². The Balaban J connectivity index is 1.98. The summed E-state index contributed by atoms with van der Waals surface area (Å²) in [6, 6.07) is 5.82. The van der Waals surface area contributed by atoms with E-state index in [9.17, 15) is 13.6 Å². The molecule has 0 unspecified atom stereocenters. The van der Waals surface area contributed by atoms with Gasteiger partial charge in [-0.15, -0.1) is 0 Å². The van der Waals surface area contributed by atoms with Gasteiger partial charge in [0.15, 0.2) is 5.78 Å². The Hall–Kier alpha value is -2.42. The average molecular weight is 426 g/mol. The Kier molecular flexibility index (Phi) is 6.33. The SMILES string of the molecule is CNC/C(=C\c1cc(C(F)F)nc2ncnn12)CC(=O)c1cc(Cl)cc(Cl)c1. The Morgan fingerprint density at radius 3 is 2.61 bits per heavy atom. The number of hydrogen-bond donors (Lipinski definition) is 1. The summed E-state index contributed by atoms with van der Waals surface area (Å²) in [6.45, 7) is 0.364. The summed E-state index contributed by atoms with van der Waals surface area (Å²) in [7, 11) is 1.72. The van der Waals surface area contributed by atoms with Crippen molar-refractivity contribution in [2.75, 3.05) is 13.6 Å². The summed E-state index contributed by atoms with van der Waals surface area (Å²) in [5.74, 6) is -0.148. The average Bonchev–Trinajstić information content (AvgIpc) is 3.09. The zero-order chi connectivity index (χ0) is 20.3. The smallest absolute Gasteiger partial charge is 0.280 e. The minimum Gasteiger partial charge on any atom is -0.316 e. The molecule has 0 saturated heterocycles. The second-order valence-electron chi connectivity index (χ2n) is 5.97. The maximum absolute atomic E-state index is 13.1. The molecular weight excluding hydrogens is 411 g/mol. The number of nitrogens with zero attached hydrogens (tertiary/aromatic N) is 4. The van der Waals surface area contributed by atoms with Crippen molar-refractivity contribution in [1.29, 1.82) is 0 Å². The molecule has 2 heterocycles. The highest BCUT2D eigenvalue weighted by atomic mass is 35.5. The molecule has 0 spiro atoms. The number of rotatable bonds is 7. The Labute approximate surface area is 169 Å². The maximum Gasteiger partial charge on any atom is 0.280 e. The molecule has 2 aromatic heterocycles. The molecule has 1 N–H and O–H groups in total. The van der Waals surface area contributed by atoms with Crippen LogP contribution in [0.2, 0.25) is 10.0 Å². The molecule has 0 aliphatic heterocycles. The number of carbonyl (C=O) groups excluding carboxylic acids is 1. The van der Waals surface area contributed by atoms with Gasteiger partial charge in [0.25, 0.3) is 12.2 Å². The first-order chi connectivity index (χ1) is 13.4. The number of hydrogen-bond acceptors (Lipinski definition) is 5. The topological polar surface area (TPSA) is 72.2 Å². The van der Waals surface area contributed by atoms with E-state index in [0.717, 1.165) is 0 Å². The highest BCUT2D eigenvalue weighted by molar-refractivity contribution is 6.35. The van der Waals surface area contributed by atoms with Gasteiger partial charge in [0.2, 0.25) is 0 Å². The van der Waals surface area contributed by atoms with Crippen molar-refractivity contribution < 1.29 is 13.6 Å². The van der Waals surface area contributed by atoms with Crippen LogP contribution in [0.1, 0.15) is 34.6 Å². The molecule has 6 nitrogen and oxygen atoms in total. The molecule has 28 heavy (non-hydrogen) atoms. The number of Topliss-reactive ketones (excluding diaryl/α,β-unsaturated/α-hetero) is 1. The van der Waals surface area contributed by atoms with Crippen LogP contribution in [0.5, 0.6) is 0 Å². The molecule has 10 heteroatoms. The van der Waals surface area contributed by atoms with E-state index in [4.69, 9.17) is 23.2 Å². The third kappa shape index (κ3) is 4.70. The second kappa shape index (κ2) is 8.72. The van der Waals surface area contributed by atoms with Gasteiger partial charge in [-0.3, -0.25) is 4.79 Å². The quantitative estimate of drug-likeness (QED) is 0.573. The van der Waals surface area contributed by atoms with Crippen molar-refractivity contribution in [3.8, 4) is 0 Å². The summed E-state index contributed by atoms with van der Waals surface area (Å²) < 4.78 is 27.6. The lowest BCUT2D eigenvalue weighted by atomic mass is 10.0. The number of halogens is 4. The first-order valence-electron chi connectivity index (χ1n) is 8.19. The van der Waals surface area contributed by atoms with Gasteiger partial charge in [-0.25, -0.2) is 13.8 Å². The number of fused-ring (bicyclic) bond motifs is 1. The molecule has 0 amide bonds. The van der Waals surface area contributed by atoms with E-state index in [-0.39, 0.29) is 18.0 Å². The number of aromatic nitrogens is 4. The summed E-state index contributed by atoms with van der Waals surface area (Å²) in [6.07, 6.45) is 0.138. The van der Waals surface area contributed by atoms with Gasteiger partial charge < -0.3 is 5.32 Å². The minimum absolute atomic E-state index is 0.0417. The predicted octanol–water partition coefficient (Wildman–Crippen LogP) is 4.24. The number of carbonyl (C=O) groups is 1. The molecule has 146 valence electrons.